The zero-order valence-corrected chi connectivity index (χ0v) is 18.3. The van der Waals surface area contributed by atoms with Crippen molar-refractivity contribution in [1.82, 2.24) is 9.97 Å². The third-order valence-electron chi connectivity index (χ3n) is 4.35. The second kappa shape index (κ2) is 10.8. The highest BCUT2D eigenvalue weighted by Gasteiger charge is 2.22. The Hall–Kier alpha value is -4.41. The van der Waals surface area contributed by atoms with Crippen molar-refractivity contribution in [1.29, 1.82) is 0 Å². The van der Waals surface area contributed by atoms with Crippen LogP contribution in [0.2, 0.25) is 0 Å². The zero-order chi connectivity index (χ0) is 23.8. The summed E-state index contributed by atoms with van der Waals surface area (Å²) in [5, 5.41) is 15.5. The molecule has 1 heterocycles. The van der Waals surface area contributed by atoms with Gasteiger partial charge in [0, 0.05) is 23.3 Å². The predicted octanol–water partition coefficient (Wildman–Crippen LogP) is 3.60. The molecule has 0 aliphatic carbocycles. The van der Waals surface area contributed by atoms with Gasteiger partial charge in [-0.05, 0) is 44.2 Å². The molecule has 0 radical (unpaired) electrons. The fraction of sp³-hybridized carbons (Fsp3) is 0.227. The zero-order valence-electron chi connectivity index (χ0n) is 18.3. The number of hydrazone groups is 1. The van der Waals surface area contributed by atoms with Crippen molar-refractivity contribution in [3.63, 3.8) is 0 Å². The molecule has 172 valence electrons. The molecule has 1 aromatic heterocycles. The molecule has 0 spiro atoms. The molecule has 0 fully saturated rings. The van der Waals surface area contributed by atoms with Crippen LogP contribution in [-0.4, -0.2) is 41.4 Å². The van der Waals surface area contributed by atoms with E-state index in [1.165, 1.54) is 18.3 Å². The number of nitro benzene ring substituents is 1. The normalized spacial score (nSPS) is 10.8. The minimum Gasteiger partial charge on any atom is -0.497 e. The first-order chi connectivity index (χ1) is 15.9. The summed E-state index contributed by atoms with van der Waals surface area (Å²) in [5.74, 6) is 1.09. The quantitative estimate of drug-likeness (QED) is 0.269. The molecule has 33 heavy (non-hydrogen) atoms. The van der Waals surface area contributed by atoms with Crippen LogP contribution in [0.3, 0.4) is 0 Å². The van der Waals surface area contributed by atoms with E-state index in [0.29, 0.717) is 23.6 Å². The molecule has 11 heteroatoms. The van der Waals surface area contributed by atoms with E-state index in [2.05, 4.69) is 20.5 Å². The van der Waals surface area contributed by atoms with Gasteiger partial charge in [-0.2, -0.15) is 5.10 Å². The predicted molar refractivity (Wildman–Crippen MR) is 123 cm³/mol. The third-order valence-corrected chi connectivity index (χ3v) is 4.35. The average Bonchev–Trinajstić information content (AvgIpc) is 2.80. The van der Waals surface area contributed by atoms with Crippen LogP contribution in [0.5, 0.6) is 17.2 Å². The van der Waals surface area contributed by atoms with Gasteiger partial charge in [-0.25, -0.2) is 10.4 Å². The summed E-state index contributed by atoms with van der Waals surface area (Å²) in [6.07, 6.45) is 1.35. The molecular formula is C22H23N5O6. The first-order valence-electron chi connectivity index (χ1n) is 10.1. The smallest absolute Gasteiger partial charge is 0.315 e. The first kappa shape index (κ1) is 23.3. The average molecular weight is 453 g/mol. The molecule has 0 unspecified atom stereocenters. The molecule has 0 aliphatic rings. The maximum Gasteiger partial charge on any atom is 0.315 e. The number of benzene rings is 2. The Morgan fingerprint density at radius 2 is 1.88 bits per heavy atom. The summed E-state index contributed by atoms with van der Waals surface area (Å²) >= 11 is 0. The van der Waals surface area contributed by atoms with Gasteiger partial charge >= 0.3 is 5.69 Å². The molecule has 2 aromatic carbocycles. The van der Waals surface area contributed by atoms with E-state index in [1.807, 2.05) is 0 Å². The highest BCUT2D eigenvalue weighted by Crippen LogP contribution is 2.38. The second-order valence-corrected chi connectivity index (χ2v) is 6.57. The van der Waals surface area contributed by atoms with Crippen molar-refractivity contribution in [2.24, 2.45) is 5.10 Å². The standard InChI is InChI=1S/C22H23N5O6/c1-4-32-19-11-14(10-18(27(29)30)21(19)33-5-2)13-23-26-22-24-17(12-20(28)25-22)15-6-8-16(31-3)9-7-15/h6-13H,4-5H2,1-3H3,(H2,24,25,26,28)/b23-13-. The number of aromatic nitrogens is 2. The Kier molecular flexibility index (Phi) is 7.58. The fourth-order valence-corrected chi connectivity index (χ4v) is 2.96. The van der Waals surface area contributed by atoms with Crippen molar-refractivity contribution >= 4 is 17.9 Å². The van der Waals surface area contributed by atoms with E-state index in [-0.39, 0.29) is 35.3 Å². The van der Waals surface area contributed by atoms with Crippen molar-refractivity contribution in [3.8, 4) is 28.5 Å². The van der Waals surface area contributed by atoms with E-state index in [9.17, 15) is 14.9 Å². The Labute approximate surface area is 189 Å². The molecule has 0 saturated heterocycles. The Morgan fingerprint density at radius 1 is 1.15 bits per heavy atom. The summed E-state index contributed by atoms with van der Waals surface area (Å²) in [6, 6.07) is 11.3. The van der Waals surface area contributed by atoms with Crippen LogP contribution in [-0.2, 0) is 0 Å². The number of anilines is 1. The molecule has 0 amide bonds. The lowest BCUT2D eigenvalue weighted by Gasteiger charge is -2.11. The van der Waals surface area contributed by atoms with Gasteiger partial charge in [-0.3, -0.25) is 19.9 Å². The monoisotopic (exact) mass is 453 g/mol. The molecule has 0 bridgehead atoms. The van der Waals surface area contributed by atoms with Gasteiger partial charge in [-0.1, -0.05) is 0 Å². The van der Waals surface area contributed by atoms with Crippen LogP contribution in [0.25, 0.3) is 11.3 Å². The Balaban J connectivity index is 1.86. The maximum absolute atomic E-state index is 12.1. The number of hydrogen-bond acceptors (Lipinski definition) is 9. The minimum absolute atomic E-state index is 0.0626. The number of nitro groups is 1. The summed E-state index contributed by atoms with van der Waals surface area (Å²) < 4.78 is 16.0. The molecule has 11 nitrogen and oxygen atoms in total. The van der Waals surface area contributed by atoms with Crippen LogP contribution in [0.15, 0.2) is 52.4 Å². The van der Waals surface area contributed by atoms with Crippen LogP contribution < -0.4 is 25.2 Å². The van der Waals surface area contributed by atoms with Crippen molar-refractivity contribution in [2.75, 3.05) is 25.7 Å². The summed E-state index contributed by atoms with van der Waals surface area (Å²) in [7, 11) is 1.57. The number of ether oxygens (including phenoxy) is 3. The van der Waals surface area contributed by atoms with Crippen LogP contribution in [0.1, 0.15) is 19.4 Å². The molecule has 3 rings (SSSR count). The molecular weight excluding hydrogens is 430 g/mol. The maximum atomic E-state index is 12.1. The summed E-state index contributed by atoms with van der Waals surface area (Å²) in [6.45, 7) is 4.05. The summed E-state index contributed by atoms with van der Waals surface area (Å²) in [5.41, 5.74) is 3.59. The number of nitrogens with zero attached hydrogens (tertiary/aromatic N) is 3. The van der Waals surface area contributed by atoms with E-state index >= 15 is 0 Å². The minimum atomic E-state index is -0.546. The molecule has 0 atom stereocenters. The lowest BCUT2D eigenvalue weighted by atomic mass is 10.1. The number of hydrogen-bond donors (Lipinski definition) is 2. The number of aromatic amines is 1. The van der Waals surface area contributed by atoms with Gasteiger partial charge < -0.3 is 14.2 Å². The summed E-state index contributed by atoms with van der Waals surface area (Å²) in [4.78, 5) is 29.9. The van der Waals surface area contributed by atoms with Crippen molar-refractivity contribution < 1.29 is 19.1 Å². The first-order valence-corrected chi connectivity index (χ1v) is 10.1. The topological polar surface area (TPSA) is 141 Å². The second-order valence-electron chi connectivity index (χ2n) is 6.57. The number of methoxy groups -OCH3 is 1. The van der Waals surface area contributed by atoms with Gasteiger partial charge in [0.15, 0.2) is 5.75 Å². The third kappa shape index (κ3) is 5.85. The molecule has 2 N–H and O–H groups in total. The fourth-order valence-electron chi connectivity index (χ4n) is 2.96. The SMILES string of the molecule is CCOc1cc(/C=N\Nc2nc(-c3ccc(OC)cc3)cc(=O)[nH]2)cc([N+](=O)[O-])c1OCC. The number of rotatable bonds is 10. The highest BCUT2D eigenvalue weighted by molar-refractivity contribution is 5.83. The van der Waals surface area contributed by atoms with Crippen LogP contribution in [0, 0.1) is 10.1 Å². The van der Waals surface area contributed by atoms with Crippen LogP contribution in [0.4, 0.5) is 11.6 Å². The van der Waals surface area contributed by atoms with Crippen molar-refractivity contribution in [2.45, 2.75) is 13.8 Å². The van der Waals surface area contributed by atoms with Crippen LogP contribution >= 0.6 is 0 Å². The Morgan fingerprint density at radius 3 is 2.52 bits per heavy atom. The van der Waals surface area contributed by atoms with Crippen molar-refractivity contribution in [3.05, 3.63) is 68.5 Å². The van der Waals surface area contributed by atoms with E-state index < -0.39 is 4.92 Å². The van der Waals surface area contributed by atoms with Gasteiger partial charge in [0.05, 0.1) is 37.2 Å². The Bertz CT molecular complexity index is 1210. The molecule has 0 aliphatic heterocycles. The number of H-pyrrole nitrogens is 1. The van der Waals surface area contributed by atoms with E-state index in [0.717, 1.165) is 5.56 Å². The van der Waals surface area contributed by atoms with Gasteiger partial charge in [0.2, 0.25) is 11.7 Å². The lowest BCUT2D eigenvalue weighted by Crippen LogP contribution is -2.10. The van der Waals surface area contributed by atoms with Gasteiger partial charge in [-0.15, -0.1) is 0 Å². The lowest BCUT2D eigenvalue weighted by molar-refractivity contribution is -0.385. The van der Waals surface area contributed by atoms with E-state index in [1.54, 1.807) is 51.3 Å². The van der Waals surface area contributed by atoms with E-state index in [4.69, 9.17) is 14.2 Å². The molecule has 3 aromatic rings. The van der Waals surface area contributed by atoms with Gasteiger partial charge in [0.1, 0.15) is 5.75 Å². The molecule has 0 saturated carbocycles. The number of nitrogens with one attached hydrogen (secondary N) is 2. The highest BCUT2D eigenvalue weighted by atomic mass is 16.6. The van der Waals surface area contributed by atoms with Gasteiger partial charge in [0.25, 0.3) is 5.56 Å². The largest absolute Gasteiger partial charge is 0.497 e.